The van der Waals surface area contributed by atoms with Gasteiger partial charge in [-0.2, -0.15) is 0 Å². The van der Waals surface area contributed by atoms with Gasteiger partial charge in [0.1, 0.15) is 6.54 Å². The van der Waals surface area contributed by atoms with E-state index in [1.165, 1.54) is 24.5 Å². The second-order valence-corrected chi connectivity index (χ2v) is 4.67. The van der Waals surface area contributed by atoms with Crippen LogP contribution < -0.4 is 5.56 Å². The Bertz CT molecular complexity index is 766. The Morgan fingerprint density at radius 3 is 2.81 bits per heavy atom. The van der Waals surface area contributed by atoms with E-state index >= 15 is 0 Å². The van der Waals surface area contributed by atoms with Gasteiger partial charge < -0.3 is 4.74 Å². The lowest BCUT2D eigenvalue weighted by atomic mass is 10.2. The molecule has 0 atom stereocenters. The molecule has 0 saturated heterocycles. The SMILES string of the molecule is CC(C)OC(=O)Cn1cnc2cc([N+](=O)[O-])ccc2c1=O. The first-order valence-corrected chi connectivity index (χ1v) is 6.21. The fraction of sp³-hybridized carbons (Fsp3) is 0.308. The standard InChI is InChI=1S/C13H13N3O5/c1-8(2)21-12(17)6-15-7-14-11-5-9(16(19)20)3-4-10(11)13(15)18/h3-5,7-8H,6H2,1-2H3. The van der Waals surface area contributed by atoms with Crippen molar-refractivity contribution in [2.75, 3.05) is 0 Å². The highest BCUT2D eigenvalue weighted by Crippen LogP contribution is 2.16. The first-order valence-electron chi connectivity index (χ1n) is 6.21. The Labute approximate surface area is 119 Å². The minimum Gasteiger partial charge on any atom is -0.462 e. The van der Waals surface area contributed by atoms with Gasteiger partial charge in [-0.25, -0.2) is 4.98 Å². The minimum absolute atomic E-state index is 0.147. The third-order valence-corrected chi connectivity index (χ3v) is 2.69. The molecule has 1 aromatic heterocycles. The number of fused-ring (bicyclic) bond motifs is 1. The highest BCUT2D eigenvalue weighted by Gasteiger charge is 2.13. The molecule has 8 heteroatoms. The van der Waals surface area contributed by atoms with E-state index in [0.717, 1.165) is 4.57 Å². The van der Waals surface area contributed by atoms with Crippen molar-refractivity contribution >= 4 is 22.6 Å². The van der Waals surface area contributed by atoms with Gasteiger partial charge >= 0.3 is 5.97 Å². The maximum atomic E-state index is 12.2. The molecule has 0 bridgehead atoms. The molecule has 0 saturated carbocycles. The predicted molar refractivity (Wildman–Crippen MR) is 73.9 cm³/mol. The van der Waals surface area contributed by atoms with E-state index in [1.54, 1.807) is 13.8 Å². The zero-order valence-corrected chi connectivity index (χ0v) is 11.5. The first-order chi connectivity index (χ1) is 9.88. The van der Waals surface area contributed by atoms with E-state index in [-0.39, 0.29) is 29.2 Å². The molecule has 0 aliphatic rings. The van der Waals surface area contributed by atoms with Gasteiger partial charge in [0.05, 0.1) is 28.3 Å². The fourth-order valence-corrected chi connectivity index (χ4v) is 1.81. The lowest BCUT2D eigenvalue weighted by Crippen LogP contribution is -2.26. The molecule has 2 rings (SSSR count). The van der Waals surface area contributed by atoms with Crippen LogP contribution in [0.2, 0.25) is 0 Å². The van der Waals surface area contributed by atoms with E-state index in [1.807, 2.05) is 0 Å². The summed E-state index contributed by atoms with van der Waals surface area (Å²) in [4.78, 5) is 37.8. The molecule has 0 fully saturated rings. The monoisotopic (exact) mass is 291 g/mol. The van der Waals surface area contributed by atoms with Crippen LogP contribution in [0, 0.1) is 10.1 Å². The number of hydrogen-bond acceptors (Lipinski definition) is 6. The van der Waals surface area contributed by atoms with Crippen LogP contribution in [-0.2, 0) is 16.1 Å². The highest BCUT2D eigenvalue weighted by atomic mass is 16.6. The summed E-state index contributed by atoms with van der Waals surface area (Å²) in [6.45, 7) is 3.16. The molecule has 1 heterocycles. The number of non-ortho nitro benzene ring substituents is 1. The maximum absolute atomic E-state index is 12.2. The summed E-state index contributed by atoms with van der Waals surface area (Å²) in [7, 11) is 0. The van der Waals surface area contributed by atoms with Crippen molar-refractivity contribution in [2.24, 2.45) is 0 Å². The number of benzene rings is 1. The molecule has 1 aromatic carbocycles. The Hall–Kier alpha value is -2.77. The van der Waals surface area contributed by atoms with Gasteiger partial charge in [-0.1, -0.05) is 0 Å². The normalized spacial score (nSPS) is 10.8. The van der Waals surface area contributed by atoms with Crippen molar-refractivity contribution in [3.05, 3.63) is 45.0 Å². The largest absolute Gasteiger partial charge is 0.462 e. The maximum Gasteiger partial charge on any atom is 0.326 e. The molecular weight excluding hydrogens is 278 g/mol. The topological polar surface area (TPSA) is 104 Å². The summed E-state index contributed by atoms with van der Waals surface area (Å²) in [6, 6.07) is 3.77. The first kappa shape index (κ1) is 14.6. The third-order valence-electron chi connectivity index (χ3n) is 2.69. The summed E-state index contributed by atoms with van der Waals surface area (Å²) in [5.41, 5.74) is -0.385. The lowest BCUT2D eigenvalue weighted by Gasteiger charge is -2.09. The van der Waals surface area contributed by atoms with Crippen molar-refractivity contribution in [1.29, 1.82) is 0 Å². The van der Waals surface area contributed by atoms with Crippen LogP contribution in [0.1, 0.15) is 13.8 Å². The van der Waals surface area contributed by atoms with Gasteiger partial charge in [0.2, 0.25) is 0 Å². The molecule has 0 spiro atoms. The number of carbonyl (C=O) groups is 1. The molecular formula is C13H13N3O5. The molecule has 2 aromatic rings. The molecule has 21 heavy (non-hydrogen) atoms. The second kappa shape index (κ2) is 5.70. The van der Waals surface area contributed by atoms with Crippen molar-refractivity contribution in [3.8, 4) is 0 Å². The van der Waals surface area contributed by atoms with Crippen molar-refractivity contribution < 1.29 is 14.5 Å². The van der Waals surface area contributed by atoms with Crippen LogP contribution in [0.5, 0.6) is 0 Å². The zero-order valence-electron chi connectivity index (χ0n) is 11.5. The Balaban J connectivity index is 2.38. The van der Waals surface area contributed by atoms with Crippen molar-refractivity contribution in [2.45, 2.75) is 26.5 Å². The van der Waals surface area contributed by atoms with E-state index in [0.29, 0.717) is 0 Å². The van der Waals surface area contributed by atoms with Gasteiger partial charge in [0.15, 0.2) is 0 Å². The van der Waals surface area contributed by atoms with Gasteiger partial charge in [0, 0.05) is 12.1 Å². The molecule has 0 aliphatic carbocycles. The lowest BCUT2D eigenvalue weighted by molar-refractivity contribution is -0.384. The van der Waals surface area contributed by atoms with Crippen molar-refractivity contribution in [1.82, 2.24) is 9.55 Å². The quantitative estimate of drug-likeness (QED) is 0.477. The number of nitro groups is 1. The fourth-order valence-electron chi connectivity index (χ4n) is 1.81. The van der Waals surface area contributed by atoms with Crippen LogP contribution in [0.4, 0.5) is 5.69 Å². The second-order valence-electron chi connectivity index (χ2n) is 4.67. The smallest absolute Gasteiger partial charge is 0.326 e. The molecule has 110 valence electrons. The predicted octanol–water partition coefficient (Wildman–Crippen LogP) is 1.26. The summed E-state index contributed by atoms with van der Waals surface area (Å²) in [6.07, 6.45) is 0.903. The van der Waals surface area contributed by atoms with Crippen LogP contribution in [0.3, 0.4) is 0 Å². The molecule has 0 unspecified atom stereocenters. The molecule has 0 aliphatic heterocycles. The number of ether oxygens (including phenoxy) is 1. The van der Waals surface area contributed by atoms with E-state index < -0.39 is 16.5 Å². The summed E-state index contributed by atoms with van der Waals surface area (Å²) in [5, 5.41) is 10.9. The molecule has 0 radical (unpaired) electrons. The van der Waals surface area contributed by atoms with Gasteiger partial charge in [-0.05, 0) is 19.9 Å². The highest BCUT2D eigenvalue weighted by molar-refractivity contribution is 5.80. The van der Waals surface area contributed by atoms with E-state index in [9.17, 15) is 19.7 Å². The average Bonchev–Trinajstić information content (AvgIpc) is 2.40. The van der Waals surface area contributed by atoms with Gasteiger partial charge in [0.25, 0.3) is 11.2 Å². The van der Waals surface area contributed by atoms with Crippen molar-refractivity contribution in [3.63, 3.8) is 0 Å². The summed E-state index contributed by atoms with van der Waals surface area (Å²) < 4.78 is 6.07. The van der Waals surface area contributed by atoms with Gasteiger partial charge in [-0.15, -0.1) is 0 Å². The number of rotatable bonds is 4. The number of nitrogens with zero attached hydrogens (tertiary/aromatic N) is 3. The molecule has 0 N–H and O–H groups in total. The number of nitro benzene ring substituents is 1. The van der Waals surface area contributed by atoms with Crippen LogP contribution in [-0.4, -0.2) is 26.5 Å². The number of esters is 1. The minimum atomic E-state index is -0.563. The van der Waals surface area contributed by atoms with E-state index in [2.05, 4.69) is 4.98 Å². The summed E-state index contributed by atoms with van der Waals surface area (Å²) in [5.74, 6) is -0.546. The third kappa shape index (κ3) is 3.22. The van der Waals surface area contributed by atoms with E-state index in [4.69, 9.17) is 4.74 Å². The Morgan fingerprint density at radius 2 is 2.19 bits per heavy atom. The zero-order chi connectivity index (χ0) is 15.6. The average molecular weight is 291 g/mol. The van der Waals surface area contributed by atoms with Crippen LogP contribution >= 0.6 is 0 Å². The van der Waals surface area contributed by atoms with Gasteiger partial charge in [-0.3, -0.25) is 24.3 Å². The van der Waals surface area contributed by atoms with Crippen LogP contribution in [0.15, 0.2) is 29.3 Å². The Morgan fingerprint density at radius 1 is 1.48 bits per heavy atom. The summed E-state index contributed by atoms with van der Waals surface area (Å²) >= 11 is 0. The van der Waals surface area contributed by atoms with Crippen LogP contribution in [0.25, 0.3) is 10.9 Å². The number of aromatic nitrogens is 2. The number of carbonyl (C=O) groups excluding carboxylic acids is 1. The molecule has 0 amide bonds. The Kier molecular flexibility index (Phi) is 3.97. The molecule has 8 nitrogen and oxygen atoms in total. The number of hydrogen-bond donors (Lipinski definition) is 0.